The van der Waals surface area contributed by atoms with E-state index in [9.17, 15) is 22.9 Å². The second-order valence-electron chi connectivity index (χ2n) is 9.57. The van der Waals surface area contributed by atoms with Gasteiger partial charge in [-0.1, -0.05) is 10.3 Å². The number of thiazole rings is 1. The molecule has 6 rings (SSSR count). The standard InChI is InChI=1S/C27H22F2N6O3S2.H2O/c28-19-5-4-16(12-17(19)25-31-7-8-32-25)24-18(9-15-3-6-23(40(30)38)20(29)10-15)22(11-14-1-2-14)35(34-24)27-33-21(13-39-27)26(36)37;/h3-8,10,12-14H,1-2,9,11H2,(H2,30,38)(H,31,32)(H,36,37);1H2. The molecule has 5 N–H and O–H groups in total. The van der Waals surface area contributed by atoms with Gasteiger partial charge in [-0.3, -0.25) is 0 Å². The Bertz CT molecular complexity index is 1770. The fraction of sp³-hybridized carbons (Fsp3) is 0.185. The molecular weight excluding hydrogens is 574 g/mol. The Hall–Kier alpha value is -4.11. The number of aromatic carboxylic acids is 1. The van der Waals surface area contributed by atoms with Crippen LogP contribution in [0.2, 0.25) is 0 Å². The number of carboxylic acids is 1. The molecule has 0 amide bonds. The van der Waals surface area contributed by atoms with Crippen molar-refractivity contribution in [2.75, 3.05) is 0 Å². The number of benzene rings is 2. The molecule has 14 heteroatoms. The molecule has 41 heavy (non-hydrogen) atoms. The van der Waals surface area contributed by atoms with Crippen LogP contribution < -0.4 is 5.14 Å². The molecule has 10 nitrogen and oxygen atoms in total. The van der Waals surface area contributed by atoms with Crippen molar-refractivity contribution < 1.29 is 28.4 Å². The molecule has 0 aliphatic heterocycles. The minimum absolute atomic E-state index is 0. The van der Waals surface area contributed by atoms with Crippen LogP contribution in [0.1, 0.15) is 40.2 Å². The number of nitrogens with zero attached hydrogens (tertiary/aromatic N) is 4. The van der Waals surface area contributed by atoms with E-state index in [1.54, 1.807) is 29.1 Å². The Balaban J connectivity index is 0.00000337. The highest BCUT2D eigenvalue weighted by Crippen LogP contribution is 2.39. The number of H-pyrrole nitrogens is 1. The Morgan fingerprint density at radius 3 is 2.63 bits per heavy atom. The number of imidazole rings is 1. The maximum Gasteiger partial charge on any atom is 0.355 e. The fourth-order valence-electron chi connectivity index (χ4n) is 4.64. The van der Waals surface area contributed by atoms with Crippen LogP contribution in [0.4, 0.5) is 8.78 Å². The SMILES string of the molecule is N[SH+](=O)c1ccc(Cc2c(-c3ccc(F)c(-c4ncc[nH]4)c3)nn(-c3nc(C(=O)O)cs3)c2CC2CC2)cc1F.[OH-]. The van der Waals surface area contributed by atoms with Crippen molar-refractivity contribution in [1.29, 1.82) is 0 Å². The first-order valence-electron chi connectivity index (χ1n) is 12.4. The maximum absolute atomic E-state index is 14.8. The summed E-state index contributed by atoms with van der Waals surface area (Å²) < 4.78 is 42.9. The van der Waals surface area contributed by atoms with Crippen molar-refractivity contribution in [3.05, 3.63) is 88.3 Å². The molecule has 3 aromatic heterocycles. The minimum Gasteiger partial charge on any atom is -0.870 e. The molecule has 2 aromatic carbocycles. The average Bonchev–Trinajstić information content (AvgIpc) is 3.29. The molecular formula is C27H24F2N6O4S2. The zero-order valence-electron chi connectivity index (χ0n) is 21.3. The Morgan fingerprint density at radius 1 is 1.20 bits per heavy atom. The van der Waals surface area contributed by atoms with E-state index < -0.39 is 28.6 Å². The van der Waals surface area contributed by atoms with Crippen LogP contribution in [0.25, 0.3) is 27.8 Å². The lowest BCUT2D eigenvalue weighted by molar-refractivity contribution is 0.0691. The smallest absolute Gasteiger partial charge is 0.355 e. The van der Waals surface area contributed by atoms with Gasteiger partial charge in [0.2, 0.25) is 10.0 Å². The van der Waals surface area contributed by atoms with Gasteiger partial charge in [0.15, 0.2) is 22.5 Å². The van der Waals surface area contributed by atoms with Gasteiger partial charge in [0.05, 0.1) is 17.0 Å². The van der Waals surface area contributed by atoms with E-state index in [4.69, 9.17) is 10.2 Å². The number of hydrogen-bond donors (Lipinski definition) is 3. The molecule has 1 saturated carbocycles. The van der Waals surface area contributed by atoms with Gasteiger partial charge >= 0.3 is 5.97 Å². The molecule has 0 saturated heterocycles. The van der Waals surface area contributed by atoms with Crippen molar-refractivity contribution in [3.8, 4) is 27.8 Å². The van der Waals surface area contributed by atoms with Gasteiger partial charge in [-0.05, 0) is 61.1 Å². The predicted octanol–water partition coefficient (Wildman–Crippen LogP) is 4.66. The van der Waals surface area contributed by atoms with Crippen LogP contribution in [0.5, 0.6) is 0 Å². The summed E-state index contributed by atoms with van der Waals surface area (Å²) in [4.78, 5) is 22.9. The molecule has 1 aliphatic rings. The van der Waals surface area contributed by atoms with Crippen LogP contribution >= 0.6 is 11.3 Å². The molecule has 212 valence electrons. The normalized spacial score (nSPS) is 13.6. The predicted molar refractivity (Wildman–Crippen MR) is 149 cm³/mol. The van der Waals surface area contributed by atoms with Crippen LogP contribution in [-0.4, -0.2) is 41.3 Å². The van der Waals surface area contributed by atoms with Gasteiger partial charge in [0.1, 0.15) is 11.6 Å². The first-order valence-corrected chi connectivity index (χ1v) is 14.6. The van der Waals surface area contributed by atoms with Crippen molar-refractivity contribution in [1.82, 2.24) is 24.7 Å². The summed E-state index contributed by atoms with van der Waals surface area (Å²) in [6.45, 7) is 0. The Kier molecular flexibility index (Phi) is 7.91. The van der Waals surface area contributed by atoms with E-state index in [0.717, 1.165) is 35.4 Å². The van der Waals surface area contributed by atoms with Crippen LogP contribution in [0, 0.1) is 17.6 Å². The lowest BCUT2D eigenvalue weighted by Crippen LogP contribution is -2.07. The van der Waals surface area contributed by atoms with Crippen molar-refractivity contribution in [2.45, 2.75) is 30.6 Å². The number of halogens is 2. The zero-order valence-corrected chi connectivity index (χ0v) is 23.0. The zero-order chi connectivity index (χ0) is 28.0. The highest BCUT2D eigenvalue weighted by molar-refractivity contribution is 7.82. The lowest BCUT2D eigenvalue weighted by Gasteiger charge is -2.10. The number of carbonyl (C=O) groups is 1. The molecule has 0 radical (unpaired) electrons. The van der Waals surface area contributed by atoms with Crippen molar-refractivity contribution >= 4 is 28.3 Å². The van der Waals surface area contributed by atoms with Gasteiger partial charge in [0, 0.05) is 35.3 Å². The Labute approximate surface area is 238 Å². The van der Waals surface area contributed by atoms with Crippen molar-refractivity contribution in [3.63, 3.8) is 0 Å². The minimum atomic E-state index is -2.34. The number of nitrogens with two attached hydrogens (primary N) is 1. The molecule has 0 bridgehead atoms. The van der Waals surface area contributed by atoms with Gasteiger partial charge in [-0.2, -0.15) is 5.10 Å². The van der Waals surface area contributed by atoms with Crippen LogP contribution in [0.3, 0.4) is 0 Å². The van der Waals surface area contributed by atoms with Crippen molar-refractivity contribution in [2.24, 2.45) is 11.1 Å². The third-order valence-corrected chi connectivity index (χ3v) is 8.44. The van der Waals surface area contributed by atoms with Gasteiger partial charge in [-0.15, -0.1) is 16.5 Å². The quantitative estimate of drug-likeness (QED) is 0.164. The largest absolute Gasteiger partial charge is 0.870 e. The van der Waals surface area contributed by atoms with E-state index in [1.807, 2.05) is 0 Å². The van der Waals surface area contributed by atoms with Gasteiger partial charge < -0.3 is 15.6 Å². The lowest BCUT2D eigenvalue weighted by atomic mass is 9.96. The summed E-state index contributed by atoms with van der Waals surface area (Å²) in [6.07, 6.45) is 6.15. The molecule has 0 spiro atoms. The van der Waals surface area contributed by atoms with E-state index in [-0.39, 0.29) is 28.0 Å². The van der Waals surface area contributed by atoms with Gasteiger partial charge in [-0.25, -0.2) is 28.2 Å². The highest BCUT2D eigenvalue weighted by atomic mass is 32.2. The molecule has 1 unspecified atom stereocenters. The molecule has 1 atom stereocenters. The summed E-state index contributed by atoms with van der Waals surface area (Å²) in [7, 11) is -2.34. The molecule has 5 aromatic rings. The average molecular weight is 599 g/mol. The second-order valence-corrected chi connectivity index (χ2v) is 11.5. The summed E-state index contributed by atoms with van der Waals surface area (Å²) in [5.74, 6) is -1.48. The number of rotatable bonds is 9. The molecule has 3 heterocycles. The second kappa shape index (κ2) is 11.4. The monoisotopic (exact) mass is 598 g/mol. The summed E-state index contributed by atoms with van der Waals surface area (Å²) >= 11 is 1.15. The fourth-order valence-corrected chi connectivity index (χ4v) is 5.90. The first-order chi connectivity index (χ1) is 19.3. The number of thiol groups is 1. The summed E-state index contributed by atoms with van der Waals surface area (Å²) in [5, 5.41) is 21.6. The number of carboxylic acid groups (broad SMARTS) is 1. The van der Waals surface area contributed by atoms with E-state index >= 15 is 0 Å². The number of aromatic amines is 1. The highest BCUT2D eigenvalue weighted by Gasteiger charge is 2.30. The Morgan fingerprint density at radius 2 is 2.00 bits per heavy atom. The first kappa shape index (κ1) is 28.4. The third kappa shape index (κ3) is 5.72. The van der Waals surface area contributed by atoms with E-state index in [1.165, 1.54) is 29.8 Å². The molecule has 1 fully saturated rings. The van der Waals surface area contributed by atoms with Gasteiger partial charge in [0.25, 0.3) is 0 Å². The van der Waals surface area contributed by atoms with E-state index in [2.05, 4.69) is 15.0 Å². The number of nitrogens with one attached hydrogen (secondary N) is 1. The van der Waals surface area contributed by atoms with Crippen LogP contribution in [0.15, 0.2) is 59.1 Å². The number of hydrogen-bond acceptors (Lipinski definition) is 7. The van der Waals surface area contributed by atoms with E-state index in [0.29, 0.717) is 40.1 Å². The van der Waals surface area contributed by atoms with Crippen LogP contribution in [-0.2, 0) is 28.0 Å². The summed E-state index contributed by atoms with van der Waals surface area (Å²) in [6, 6.07) is 9.01. The third-order valence-electron chi connectivity index (χ3n) is 6.78. The topological polar surface area (TPSA) is 170 Å². The number of aromatic nitrogens is 5. The molecule has 1 aliphatic carbocycles. The summed E-state index contributed by atoms with van der Waals surface area (Å²) in [5.41, 5.74) is 3.51. The maximum atomic E-state index is 14.8.